The van der Waals surface area contributed by atoms with Crippen molar-refractivity contribution in [1.29, 1.82) is 0 Å². The fourth-order valence-corrected chi connectivity index (χ4v) is 3.71. The van der Waals surface area contributed by atoms with Gasteiger partial charge in [0.15, 0.2) is 0 Å². The zero-order valence-electron chi connectivity index (χ0n) is 15.8. The number of piperidine rings is 1. The standard InChI is InChI=1S/C22H23FN4O/c1-15-4-2-3-5-20(15)26-22(28)19-14-25-27(18-8-6-17(23)7-9-18)21(19)16-10-12-24-13-11-16/h2-9,14,16,24H,10-13H2,1H3,(H,26,28). The van der Waals surface area contributed by atoms with Gasteiger partial charge in [0, 0.05) is 11.6 Å². The van der Waals surface area contributed by atoms with E-state index in [1.807, 2.05) is 31.2 Å². The van der Waals surface area contributed by atoms with E-state index in [9.17, 15) is 9.18 Å². The van der Waals surface area contributed by atoms with Crippen molar-refractivity contribution in [2.75, 3.05) is 18.4 Å². The summed E-state index contributed by atoms with van der Waals surface area (Å²) in [6.07, 6.45) is 3.48. The predicted octanol–water partition coefficient (Wildman–Crippen LogP) is 4.04. The minimum Gasteiger partial charge on any atom is -0.322 e. The van der Waals surface area contributed by atoms with E-state index >= 15 is 0 Å². The van der Waals surface area contributed by atoms with Crippen LogP contribution in [0.3, 0.4) is 0 Å². The van der Waals surface area contributed by atoms with Gasteiger partial charge >= 0.3 is 0 Å². The van der Waals surface area contributed by atoms with Crippen molar-refractivity contribution in [2.45, 2.75) is 25.7 Å². The Kier molecular flexibility index (Phi) is 5.21. The Morgan fingerprint density at radius 2 is 1.86 bits per heavy atom. The van der Waals surface area contributed by atoms with Crippen molar-refractivity contribution >= 4 is 11.6 Å². The summed E-state index contributed by atoms with van der Waals surface area (Å²) < 4.78 is 15.1. The van der Waals surface area contributed by atoms with Crippen LogP contribution in [0.1, 0.15) is 40.4 Å². The number of para-hydroxylation sites is 1. The Morgan fingerprint density at radius 1 is 1.14 bits per heavy atom. The van der Waals surface area contributed by atoms with Gasteiger partial charge in [-0.2, -0.15) is 5.10 Å². The molecule has 2 aromatic carbocycles. The van der Waals surface area contributed by atoms with Crippen LogP contribution in [0, 0.1) is 12.7 Å². The molecule has 0 radical (unpaired) electrons. The lowest BCUT2D eigenvalue weighted by Gasteiger charge is -2.24. The van der Waals surface area contributed by atoms with Crippen molar-refractivity contribution in [3.8, 4) is 5.69 Å². The summed E-state index contributed by atoms with van der Waals surface area (Å²) in [5.41, 5.74) is 4.01. The highest BCUT2D eigenvalue weighted by Gasteiger charge is 2.27. The van der Waals surface area contributed by atoms with Gasteiger partial charge in [-0.3, -0.25) is 4.79 Å². The second kappa shape index (κ2) is 7.94. The molecular weight excluding hydrogens is 355 g/mol. The van der Waals surface area contributed by atoms with Crippen LogP contribution in [0.4, 0.5) is 10.1 Å². The number of halogens is 1. The molecule has 2 heterocycles. The van der Waals surface area contributed by atoms with Crippen LogP contribution < -0.4 is 10.6 Å². The molecule has 5 nitrogen and oxygen atoms in total. The van der Waals surface area contributed by atoms with E-state index in [1.54, 1.807) is 23.0 Å². The van der Waals surface area contributed by atoms with Gasteiger partial charge < -0.3 is 10.6 Å². The lowest BCUT2D eigenvalue weighted by molar-refractivity contribution is 0.102. The van der Waals surface area contributed by atoms with E-state index in [4.69, 9.17) is 0 Å². The van der Waals surface area contributed by atoms with Crippen LogP contribution in [0.25, 0.3) is 5.69 Å². The first kappa shape index (κ1) is 18.4. The lowest BCUT2D eigenvalue weighted by Crippen LogP contribution is -2.29. The van der Waals surface area contributed by atoms with Gasteiger partial charge in [0.05, 0.1) is 23.1 Å². The Bertz CT molecular complexity index is 974. The molecule has 0 spiro atoms. The number of benzene rings is 2. The van der Waals surface area contributed by atoms with Gasteiger partial charge in [0.25, 0.3) is 5.91 Å². The van der Waals surface area contributed by atoms with E-state index in [0.29, 0.717) is 5.56 Å². The van der Waals surface area contributed by atoms with Crippen molar-refractivity contribution < 1.29 is 9.18 Å². The number of nitrogens with one attached hydrogen (secondary N) is 2. The molecule has 0 saturated carbocycles. The van der Waals surface area contributed by atoms with E-state index < -0.39 is 0 Å². The first-order valence-corrected chi connectivity index (χ1v) is 9.55. The molecule has 1 saturated heterocycles. The molecule has 0 aliphatic carbocycles. The van der Waals surface area contributed by atoms with Gasteiger partial charge in [-0.15, -0.1) is 0 Å². The van der Waals surface area contributed by atoms with Gasteiger partial charge in [-0.1, -0.05) is 18.2 Å². The van der Waals surface area contributed by atoms with Crippen LogP contribution in [0.15, 0.2) is 54.7 Å². The van der Waals surface area contributed by atoms with Crippen molar-refractivity contribution in [3.63, 3.8) is 0 Å². The zero-order valence-corrected chi connectivity index (χ0v) is 15.8. The van der Waals surface area contributed by atoms with Gasteiger partial charge in [-0.05, 0) is 68.8 Å². The number of hydrogen-bond acceptors (Lipinski definition) is 3. The average molecular weight is 378 g/mol. The number of hydrogen-bond donors (Lipinski definition) is 2. The number of anilines is 1. The van der Waals surface area contributed by atoms with Crippen LogP contribution in [0.2, 0.25) is 0 Å². The van der Waals surface area contributed by atoms with E-state index in [-0.39, 0.29) is 17.6 Å². The van der Waals surface area contributed by atoms with Crippen molar-refractivity contribution in [1.82, 2.24) is 15.1 Å². The maximum Gasteiger partial charge on any atom is 0.259 e. The fraction of sp³-hybridized carbons (Fsp3) is 0.273. The lowest BCUT2D eigenvalue weighted by atomic mass is 9.91. The highest BCUT2D eigenvalue weighted by Crippen LogP contribution is 2.31. The molecule has 1 aliphatic heterocycles. The smallest absolute Gasteiger partial charge is 0.259 e. The maximum absolute atomic E-state index is 13.4. The molecule has 144 valence electrons. The molecule has 1 amide bonds. The molecule has 1 aromatic heterocycles. The van der Waals surface area contributed by atoms with Crippen LogP contribution in [-0.2, 0) is 0 Å². The molecule has 1 fully saturated rings. The first-order chi connectivity index (χ1) is 13.6. The Hall–Kier alpha value is -2.99. The summed E-state index contributed by atoms with van der Waals surface area (Å²) in [5, 5.41) is 10.9. The minimum absolute atomic E-state index is 0.170. The Labute approximate surface area is 163 Å². The number of aryl methyl sites for hydroxylation is 1. The van der Waals surface area contributed by atoms with E-state index in [0.717, 1.165) is 48.6 Å². The minimum atomic E-state index is -0.295. The molecule has 1 aliphatic rings. The third-order valence-electron chi connectivity index (χ3n) is 5.24. The summed E-state index contributed by atoms with van der Waals surface area (Å²) in [7, 11) is 0. The summed E-state index contributed by atoms with van der Waals surface area (Å²) in [6.45, 7) is 3.77. The second-order valence-corrected chi connectivity index (χ2v) is 7.13. The monoisotopic (exact) mass is 378 g/mol. The normalized spacial score (nSPS) is 14.8. The van der Waals surface area contributed by atoms with Crippen molar-refractivity contribution in [3.05, 3.63) is 77.4 Å². The predicted molar refractivity (Wildman–Crippen MR) is 107 cm³/mol. The first-order valence-electron chi connectivity index (χ1n) is 9.55. The molecule has 6 heteroatoms. The number of nitrogens with zero attached hydrogens (tertiary/aromatic N) is 2. The van der Waals surface area contributed by atoms with E-state index in [2.05, 4.69) is 15.7 Å². The molecule has 0 unspecified atom stereocenters. The molecule has 2 N–H and O–H groups in total. The molecule has 4 rings (SSSR count). The largest absolute Gasteiger partial charge is 0.322 e. The Morgan fingerprint density at radius 3 is 2.57 bits per heavy atom. The molecular formula is C22H23FN4O. The molecule has 28 heavy (non-hydrogen) atoms. The molecule has 0 atom stereocenters. The number of carbonyl (C=O) groups is 1. The van der Waals surface area contributed by atoms with Crippen molar-refractivity contribution in [2.24, 2.45) is 0 Å². The van der Waals surface area contributed by atoms with Gasteiger partial charge in [0.2, 0.25) is 0 Å². The van der Waals surface area contributed by atoms with E-state index in [1.165, 1.54) is 12.1 Å². The van der Waals surface area contributed by atoms with Crippen LogP contribution >= 0.6 is 0 Å². The average Bonchev–Trinajstić information content (AvgIpc) is 3.16. The fourth-order valence-electron chi connectivity index (χ4n) is 3.71. The molecule has 3 aromatic rings. The third kappa shape index (κ3) is 3.68. The number of rotatable bonds is 4. The highest BCUT2D eigenvalue weighted by atomic mass is 19.1. The Balaban J connectivity index is 1.73. The summed E-state index contributed by atoms with van der Waals surface area (Å²) in [4.78, 5) is 13.1. The van der Waals surface area contributed by atoms with Gasteiger partial charge in [0.1, 0.15) is 5.82 Å². The second-order valence-electron chi connectivity index (χ2n) is 7.13. The summed E-state index contributed by atoms with van der Waals surface area (Å²) in [6, 6.07) is 13.9. The number of carbonyl (C=O) groups excluding carboxylic acids is 1. The highest BCUT2D eigenvalue weighted by molar-refractivity contribution is 6.05. The SMILES string of the molecule is Cc1ccccc1NC(=O)c1cnn(-c2ccc(F)cc2)c1C1CCNCC1. The zero-order chi connectivity index (χ0) is 19.5. The topological polar surface area (TPSA) is 59.0 Å². The maximum atomic E-state index is 13.4. The van der Waals surface area contributed by atoms with Gasteiger partial charge in [-0.25, -0.2) is 9.07 Å². The summed E-state index contributed by atoms with van der Waals surface area (Å²) in [5.74, 6) is -0.251. The number of amides is 1. The molecule has 0 bridgehead atoms. The summed E-state index contributed by atoms with van der Waals surface area (Å²) >= 11 is 0. The van der Waals surface area contributed by atoms with Crippen LogP contribution in [0.5, 0.6) is 0 Å². The number of aromatic nitrogens is 2. The quantitative estimate of drug-likeness (QED) is 0.720. The third-order valence-corrected chi connectivity index (χ3v) is 5.24. The van der Waals surface area contributed by atoms with Crippen LogP contribution in [-0.4, -0.2) is 28.8 Å².